The predicted octanol–water partition coefficient (Wildman–Crippen LogP) is 4.02. The van der Waals surface area contributed by atoms with Gasteiger partial charge in [0.05, 0.1) is 22.1 Å². The Balaban J connectivity index is 1.13. The van der Waals surface area contributed by atoms with Crippen LogP contribution in [-0.2, 0) is 14.4 Å². The van der Waals surface area contributed by atoms with E-state index in [9.17, 15) is 14.4 Å². The Kier molecular flexibility index (Phi) is 4.30. The van der Waals surface area contributed by atoms with Gasteiger partial charge >= 0.3 is 0 Å². The molecule has 1 aromatic heterocycles. The Morgan fingerprint density at radius 1 is 1.06 bits per heavy atom. The molecule has 6 nitrogen and oxygen atoms in total. The molecule has 0 spiro atoms. The number of rotatable bonds is 4. The van der Waals surface area contributed by atoms with Crippen LogP contribution in [0.15, 0.2) is 54.6 Å². The number of nitrogens with zero attached hydrogens (tertiary/aromatic N) is 2. The molecule has 1 saturated heterocycles. The van der Waals surface area contributed by atoms with Crippen molar-refractivity contribution in [2.24, 2.45) is 23.7 Å². The lowest BCUT2D eigenvalue weighted by Gasteiger charge is -2.16. The molecule has 1 aliphatic heterocycles. The van der Waals surface area contributed by atoms with Crippen LogP contribution in [0.25, 0.3) is 20.8 Å². The molecule has 2 heterocycles. The van der Waals surface area contributed by atoms with E-state index >= 15 is 0 Å². The fourth-order valence-electron chi connectivity index (χ4n) is 5.32. The van der Waals surface area contributed by atoms with Crippen molar-refractivity contribution < 1.29 is 14.4 Å². The fourth-order valence-corrected chi connectivity index (χ4v) is 6.38. The highest BCUT2D eigenvalue weighted by Crippen LogP contribution is 2.52. The molecule has 1 N–H and O–H groups in total. The molecule has 3 aliphatic rings. The number of fused-ring (bicyclic) bond motifs is 6. The van der Waals surface area contributed by atoms with Crippen LogP contribution >= 0.6 is 11.3 Å². The summed E-state index contributed by atoms with van der Waals surface area (Å²) in [7, 11) is 0. The number of benzene rings is 2. The van der Waals surface area contributed by atoms with Gasteiger partial charge in [0.2, 0.25) is 17.7 Å². The topological polar surface area (TPSA) is 79.4 Å². The highest BCUT2D eigenvalue weighted by molar-refractivity contribution is 7.21. The van der Waals surface area contributed by atoms with Gasteiger partial charge in [-0.25, -0.2) is 4.98 Å². The summed E-state index contributed by atoms with van der Waals surface area (Å²) in [6.45, 7) is 1.83. The van der Waals surface area contributed by atoms with Gasteiger partial charge in [-0.15, -0.1) is 11.3 Å². The van der Waals surface area contributed by atoms with Gasteiger partial charge in [0.15, 0.2) is 0 Å². The zero-order valence-corrected chi connectivity index (χ0v) is 18.3. The summed E-state index contributed by atoms with van der Waals surface area (Å²) in [4.78, 5) is 43.9. The van der Waals surface area contributed by atoms with Gasteiger partial charge in [0.25, 0.3) is 0 Å². The molecule has 2 bridgehead atoms. The van der Waals surface area contributed by atoms with Gasteiger partial charge in [-0.05, 0) is 67.1 Å². The van der Waals surface area contributed by atoms with Crippen molar-refractivity contribution in [2.75, 3.05) is 11.9 Å². The molecule has 2 aliphatic carbocycles. The highest BCUT2D eigenvalue weighted by atomic mass is 32.1. The summed E-state index contributed by atoms with van der Waals surface area (Å²) in [6, 6.07) is 13.7. The smallest absolute Gasteiger partial charge is 0.244 e. The molecule has 0 radical (unpaired) electrons. The number of amides is 3. The molecule has 7 heteroatoms. The van der Waals surface area contributed by atoms with E-state index in [4.69, 9.17) is 0 Å². The first-order valence-electron chi connectivity index (χ1n) is 10.8. The van der Waals surface area contributed by atoms with Crippen molar-refractivity contribution in [1.82, 2.24) is 9.88 Å². The molecule has 2 aromatic carbocycles. The Morgan fingerprint density at radius 3 is 2.44 bits per heavy atom. The molecule has 6 rings (SSSR count). The number of imide groups is 1. The molecule has 2 fully saturated rings. The van der Waals surface area contributed by atoms with Crippen LogP contribution in [-0.4, -0.2) is 34.2 Å². The van der Waals surface area contributed by atoms with Crippen LogP contribution < -0.4 is 5.32 Å². The number of hydrogen-bond acceptors (Lipinski definition) is 5. The summed E-state index contributed by atoms with van der Waals surface area (Å²) < 4.78 is 1.14. The number of thiazole rings is 1. The van der Waals surface area contributed by atoms with Crippen LogP contribution in [0.4, 0.5) is 5.69 Å². The van der Waals surface area contributed by atoms with E-state index in [-0.39, 0.29) is 47.9 Å². The summed E-state index contributed by atoms with van der Waals surface area (Å²) in [6.07, 6.45) is 4.98. The molecular formula is C25H21N3O3S. The Labute approximate surface area is 188 Å². The molecular weight excluding hydrogens is 422 g/mol. The van der Waals surface area contributed by atoms with E-state index in [0.717, 1.165) is 32.1 Å². The Hall–Kier alpha value is -3.32. The average Bonchev–Trinajstić information content (AvgIpc) is 3.54. The van der Waals surface area contributed by atoms with Gasteiger partial charge in [0, 0.05) is 11.3 Å². The third kappa shape index (κ3) is 2.99. The second-order valence-electron chi connectivity index (χ2n) is 8.88. The number of nitrogens with one attached hydrogen (secondary N) is 1. The van der Waals surface area contributed by atoms with E-state index in [2.05, 4.69) is 41.5 Å². The lowest BCUT2D eigenvalue weighted by molar-refractivity contribution is -0.143. The normalized spacial score (nSPS) is 25.7. The maximum Gasteiger partial charge on any atom is 0.244 e. The first-order chi connectivity index (χ1) is 15.5. The van der Waals surface area contributed by atoms with Crippen molar-refractivity contribution in [3.05, 3.63) is 60.2 Å². The molecule has 1 saturated carbocycles. The number of aromatic nitrogens is 1. The number of allylic oxidation sites excluding steroid dienone is 2. The third-order valence-electron chi connectivity index (χ3n) is 6.82. The van der Waals surface area contributed by atoms with Crippen LogP contribution in [0.1, 0.15) is 12.0 Å². The molecule has 32 heavy (non-hydrogen) atoms. The number of aryl methyl sites for hydroxylation is 1. The molecule has 4 atom stereocenters. The van der Waals surface area contributed by atoms with Gasteiger partial charge in [-0.1, -0.05) is 18.2 Å². The monoisotopic (exact) mass is 443 g/mol. The van der Waals surface area contributed by atoms with Gasteiger partial charge in [-0.3, -0.25) is 19.3 Å². The minimum atomic E-state index is -0.366. The lowest BCUT2D eigenvalue weighted by Crippen LogP contribution is -2.39. The minimum absolute atomic E-state index is 0.147. The van der Waals surface area contributed by atoms with Crippen LogP contribution in [0.3, 0.4) is 0 Å². The van der Waals surface area contributed by atoms with Gasteiger partial charge < -0.3 is 5.32 Å². The summed E-state index contributed by atoms with van der Waals surface area (Å²) in [5, 5.41) is 3.73. The van der Waals surface area contributed by atoms with E-state index in [1.807, 2.05) is 30.3 Å². The quantitative estimate of drug-likeness (QED) is 0.488. The fraction of sp³-hybridized carbons (Fsp3) is 0.280. The van der Waals surface area contributed by atoms with E-state index < -0.39 is 0 Å². The molecule has 160 valence electrons. The Bertz CT molecular complexity index is 1280. The number of anilines is 1. The van der Waals surface area contributed by atoms with Crippen molar-refractivity contribution in [1.29, 1.82) is 0 Å². The standard InChI is InChI=1S/C25H21N3O3S/c1-13-2-9-18-19(10-13)32-23(27-18)14-5-7-17(8-6-14)26-20(29)12-28-24(30)21-15-3-4-16(11-15)22(21)25(28)31/h2-10,15-16,21-22H,11-12H2,1H3,(H,26,29). The van der Waals surface area contributed by atoms with Gasteiger partial charge in [0.1, 0.15) is 11.6 Å². The summed E-state index contributed by atoms with van der Waals surface area (Å²) in [5.41, 5.74) is 3.77. The van der Waals surface area contributed by atoms with E-state index in [0.29, 0.717) is 5.69 Å². The average molecular weight is 444 g/mol. The maximum atomic E-state index is 12.8. The van der Waals surface area contributed by atoms with E-state index in [1.165, 1.54) is 5.56 Å². The summed E-state index contributed by atoms with van der Waals surface area (Å²) >= 11 is 1.63. The predicted molar refractivity (Wildman–Crippen MR) is 123 cm³/mol. The van der Waals surface area contributed by atoms with Crippen molar-refractivity contribution in [2.45, 2.75) is 13.3 Å². The van der Waals surface area contributed by atoms with Crippen LogP contribution in [0.2, 0.25) is 0 Å². The maximum absolute atomic E-state index is 12.8. The van der Waals surface area contributed by atoms with Crippen molar-refractivity contribution >= 4 is 45.0 Å². The second-order valence-corrected chi connectivity index (χ2v) is 9.91. The second kappa shape index (κ2) is 7.10. The zero-order valence-electron chi connectivity index (χ0n) is 17.4. The van der Waals surface area contributed by atoms with Crippen molar-refractivity contribution in [3.63, 3.8) is 0 Å². The number of carbonyl (C=O) groups is 3. The SMILES string of the molecule is Cc1ccc2nc(-c3ccc(NC(=O)CN4C(=O)C5C6C=CC(C6)C5C4=O)cc3)sc2c1. The van der Waals surface area contributed by atoms with Crippen molar-refractivity contribution in [3.8, 4) is 10.6 Å². The Morgan fingerprint density at radius 2 is 1.75 bits per heavy atom. The number of likely N-dealkylation sites (tertiary alicyclic amines) is 1. The summed E-state index contributed by atoms with van der Waals surface area (Å²) in [5.74, 6) is -1.02. The van der Waals surface area contributed by atoms with E-state index in [1.54, 1.807) is 11.3 Å². The highest BCUT2D eigenvalue weighted by Gasteiger charge is 2.59. The van der Waals surface area contributed by atoms with Gasteiger partial charge in [-0.2, -0.15) is 0 Å². The van der Waals surface area contributed by atoms with Crippen LogP contribution in [0.5, 0.6) is 0 Å². The number of hydrogen-bond donors (Lipinski definition) is 1. The molecule has 4 unspecified atom stereocenters. The zero-order chi connectivity index (χ0) is 22.0. The lowest BCUT2D eigenvalue weighted by atomic mass is 9.85. The first-order valence-corrected chi connectivity index (χ1v) is 11.6. The minimum Gasteiger partial charge on any atom is -0.325 e. The largest absolute Gasteiger partial charge is 0.325 e. The molecule has 3 aromatic rings. The van der Waals surface area contributed by atoms with Crippen LogP contribution in [0, 0.1) is 30.6 Å². The molecule has 3 amide bonds. The third-order valence-corrected chi connectivity index (χ3v) is 7.89. The number of carbonyl (C=O) groups excluding carboxylic acids is 3. The first kappa shape index (κ1) is 19.4.